The highest BCUT2D eigenvalue weighted by Gasteiger charge is 2.19. The van der Waals surface area contributed by atoms with Gasteiger partial charge in [-0.2, -0.15) is 0 Å². The first-order valence-corrected chi connectivity index (χ1v) is 6.64. The zero-order chi connectivity index (χ0) is 13.2. The van der Waals surface area contributed by atoms with E-state index in [2.05, 4.69) is 20.4 Å². The molecule has 0 bridgehead atoms. The highest BCUT2D eigenvalue weighted by atomic mass is 35.5. The van der Waals surface area contributed by atoms with Crippen LogP contribution in [0.1, 0.15) is 24.1 Å². The lowest BCUT2D eigenvalue weighted by molar-refractivity contribution is 0.664. The summed E-state index contributed by atoms with van der Waals surface area (Å²) < 4.78 is 0. The van der Waals surface area contributed by atoms with Gasteiger partial charge in [0.05, 0.1) is 5.02 Å². The van der Waals surface area contributed by atoms with Gasteiger partial charge in [0.1, 0.15) is 11.5 Å². The molecule has 0 amide bonds. The first-order chi connectivity index (χ1) is 9.29. The molecule has 0 spiro atoms. The molecule has 3 rings (SSSR count). The standard InChI is InChI=1S/C13H14ClN5/c14-9-5-3-7-16-11(9)13-17-10-6-2-1-4-8(10)12(18-13)19-15/h3,5,7H,1-2,4,6,15H2,(H,17,18,19). The van der Waals surface area contributed by atoms with E-state index < -0.39 is 0 Å². The first kappa shape index (κ1) is 12.3. The zero-order valence-corrected chi connectivity index (χ0v) is 11.1. The molecule has 0 atom stereocenters. The summed E-state index contributed by atoms with van der Waals surface area (Å²) in [5.41, 5.74) is 5.42. The lowest BCUT2D eigenvalue weighted by Gasteiger charge is -2.18. The van der Waals surface area contributed by atoms with Crippen molar-refractivity contribution in [3.05, 3.63) is 34.6 Å². The number of nitrogens with two attached hydrogens (primary N) is 1. The Bertz CT molecular complexity index is 597. The van der Waals surface area contributed by atoms with Gasteiger partial charge in [0.2, 0.25) is 0 Å². The maximum atomic E-state index is 6.14. The number of aryl methyl sites for hydroxylation is 1. The minimum Gasteiger partial charge on any atom is -0.308 e. The molecule has 0 radical (unpaired) electrons. The van der Waals surface area contributed by atoms with E-state index in [1.54, 1.807) is 18.3 Å². The van der Waals surface area contributed by atoms with Gasteiger partial charge in [-0.15, -0.1) is 0 Å². The number of rotatable bonds is 2. The molecule has 98 valence electrons. The van der Waals surface area contributed by atoms with Gasteiger partial charge in [-0.3, -0.25) is 4.98 Å². The lowest BCUT2D eigenvalue weighted by atomic mass is 9.96. The van der Waals surface area contributed by atoms with E-state index >= 15 is 0 Å². The molecule has 0 aromatic carbocycles. The zero-order valence-electron chi connectivity index (χ0n) is 10.4. The second-order valence-electron chi connectivity index (χ2n) is 4.51. The normalized spacial score (nSPS) is 14.0. The smallest absolute Gasteiger partial charge is 0.182 e. The van der Waals surface area contributed by atoms with Crippen molar-refractivity contribution in [2.45, 2.75) is 25.7 Å². The first-order valence-electron chi connectivity index (χ1n) is 6.27. The summed E-state index contributed by atoms with van der Waals surface area (Å²) in [6, 6.07) is 3.56. The van der Waals surface area contributed by atoms with Crippen molar-refractivity contribution in [2.75, 3.05) is 5.43 Å². The van der Waals surface area contributed by atoms with Crippen molar-refractivity contribution in [1.82, 2.24) is 15.0 Å². The van der Waals surface area contributed by atoms with Crippen LogP contribution in [0.2, 0.25) is 5.02 Å². The van der Waals surface area contributed by atoms with E-state index in [0.717, 1.165) is 36.9 Å². The molecule has 1 aliphatic carbocycles. The molecule has 19 heavy (non-hydrogen) atoms. The number of anilines is 1. The summed E-state index contributed by atoms with van der Waals surface area (Å²) >= 11 is 6.14. The Balaban J connectivity index is 2.15. The van der Waals surface area contributed by atoms with Crippen molar-refractivity contribution in [3.8, 4) is 11.5 Å². The number of pyridine rings is 1. The molecule has 0 aliphatic heterocycles. The summed E-state index contributed by atoms with van der Waals surface area (Å²) in [4.78, 5) is 13.3. The quantitative estimate of drug-likeness (QED) is 0.650. The summed E-state index contributed by atoms with van der Waals surface area (Å²) in [5, 5.41) is 0.543. The number of hydrogen-bond donors (Lipinski definition) is 2. The third-order valence-electron chi connectivity index (χ3n) is 3.29. The average molecular weight is 276 g/mol. The van der Waals surface area contributed by atoms with E-state index in [4.69, 9.17) is 17.4 Å². The summed E-state index contributed by atoms with van der Waals surface area (Å²) in [5.74, 6) is 6.77. The molecule has 2 aromatic rings. The van der Waals surface area contributed by atoms with Crippen LogP contribution in [0.3, 0.4) is 0 Å². The number of fused-ring (bicyclic) bond motifs is 1. The Kier molecular flexibility index (Phi) is 3.31. The summed E-state index contributed by atoms with van der Waals surface area (Å²) in [6.07, 6.45) is 5.88. The fourth-order valence-corrected chi connectivity index (χ4v) is 2.58. The van der Waals surface area contributed by atoms with E-state index in [-0.39, 0.29) is 0 Å². The Morgan fingerprint density at radius 2 is 2.05 bits per heavy atom. The van der Waals surface area contributed by atoms with Gasteiger partial charge < -0.3 is 5.43 Å². The van der Waals surface area contributed by atoms with Gasteiger partial charge in [0.25, 0.3) is 0 Å². The fraction of sp³-hybridized carbons (Fsp3) is 0.308. The predicted octanol–water partition coefficient (Wildman–Crippen LogP) is 2.36. The number of nitrogen functional groups attached to an aromatic ring is 1. The predicted molar refractivity (Wildman–Crippen MR) is 74.7 cm³/mol. The molecule has 5 nitrogen and oxygen atoms in total. The van der Waals surface area contributed by atoms with Gasteiger partial charge in [-0.1, -0.05) is 11.6 Å². The maximum absolute atomic E-state index is 6.14. The third kappa shape index (κ3) is 2.27. The van der Waals surface area contributed by atoms with E-state index in [1.807, 2.05) is 0 Å². The molecule has 0 fully saturated rings. The van der Waals surface area contributed by atoms with Gasteiger partial charge >= 0.3 is 0 Å². The largest absolute Gasteiger partial charge is 0.308 e. The molecule has 2 heterocycles. The minimum absolute atomic E-state index is 0.527. The van der Waals surface area contributed by atoms with Crippen LogP contribution in [0, 0.1) is 0 Å². The van der Waals surface area contributed by atoms with Crippen LogP contribution in [0.15, 0.2) is 18.3 Å². The number of aromatic nitrogens is 3. The summed E-state index contributed by atoms with van der Waals surface area (Å²) in [7, 11) is 0. The van der Waals surface area contributed by atoms with Crippen LogP contribution >= 0.6 is 11.6 Å². The second-order valence-corrected chi connectivity index (χ2v) is 4.91. The van der Waals surface area contributed by atoms with Crippen molar-refractivity contribution in [1.29, 1.82) is 0 Å². The molecule has 0 saturated heterocycles. The van der Waals surface area contributed by atoms with Crippen LogP contribution in [-0.2, 0) is 12.8 Å². The number of nitrogens with zero attached hydrogens (tertiary/aromatic N) is 3. The van der Waals surface area contributed by atoms with Crippen LogP contribution < -0.4 is 11.3 Å². The molecular weight excluding hydrogens is 262 g/mol. The van der Waals surface area contributed by atoms with Crippen molar-refractivity contribution in [2.24, 2.45) is 5.84 Å². The van der Waals surface area contributed by atoms with Gasteiger partial charge in [0.15, 0.2) is 5.82 Å². The third-order valence-corrected chi connectivity index (χ3v) is 3.60. The van der Waals surface area contributed by atoms with Crippen LogP contribution in [-0.4, -0.2) is 15.0 Å². The Morgan fingerprint density at radius 1 is 1.21 bits per heavy atom. The molecule has 6 heteroatoms. The Labute approximate surface area is 116 Å². The molecule has 0 unspecified atom stereocenters. The van der Waals surface area contributed by atoms with E-state index in [9.17, 15) is 0 Å². The maximum Gasteiger partial charge on any atom is 0.182 e. The van der Waals surface area contributed by atoms with Crippen molar-refractivity contribution < 1.29 is 0 Å². The Hall–Kier alpha value is -1.72. The molecule has 0 saturated carbocycles. The Morgan fingerprint density at radius 3 is 2.84 bits per heavy atom. The van der Waals surface area contributed by atoms with Crippen LogP contribution in [0.4, 0.5) is 5.82 Å². The van der Waals surface area contributed by atoms with E-state index in [1.165, 1.54) is 0 Å². The molecule has 1 aliphatic rings. The molecule has 3 N–H and O–H groups in total. The molecule has 2 aromatic heterocycles. The number of halogens is 1. The average Bonchev–Trinajstić information content (AvgIpc) is 2.46. The fourth-order valence-electron chi connectivity index (χ4n) is 2.37. The number of hydrogen-bond acceptors (Lipinski definition) is 5. The SMILES string of the molecule is NNc1nc(-c2ncccc2Cl)nc2c1CCCC2. The highest BCUT2D eigenvalue weighted by Crippen LogP contribution is 2.29. The van der Waals surface area contributed by atoms with Crippen LogP contribution in [0.5, 0.6) is 0 Å². The molecular formula is C13H14ClN5. The highest BCUT2D eigenvalue weighted by molar-refractivity contribution is 6.32. The second kappa shape index (κ2) is 5.11. The number of hydrazine groups is 1. The number of nitrogens with one attached hydrogen (secondary N) is 1. The lowest BCUT2D eigenvalue weighted by Crippen LogP contribution is -2.17. The van der Waals surface area contributed by atoms with E-state index in [0.29, 0.717) is 22.4 Å². The van der Waals surface area contributed by atoms with Gasteiger partial charge in [0, 0.05) is 17.5 Å². The topological polar surface area (TPSA) is 76.7 Å². The van der Waals surface area contributed by atoms with Crippen LogP contribution in [0.25, 0.3) is 11.5 Å². The van der Waals surface area contributed by atoms with Crippen molar-refractivity contribution >= 4 is 17.4 Å². The monoisotopic (exact) mass is 275 g/mol. The minimum atomic E-state index is 0.527. The van der Waals surface area contributed by atoms with Gasteiger partial charge in [-0.25, -0.2) is 15.8 Å². The van der Waals surface area contributed by atoms with Crippen molar-refractivity contribution in [3.63, 3.8) is 0 Å². The van der Waals surface area contributed by atoms with Gasteiger partial charge in [-0.05, 0) is 37.8 Å². The summed E-state index contributed by atoms with van der Waals surface area (Å²) in [6.45, 7) is 0.